The molecule has 1 aromatic heterocycles. The van der Waals surface area contributed by atoms with Gasteiger partial charge in [-0.2, -0.15) is 0 Å². The average Bonchev–Trinajstić information content (AvgIpc) is 3.22. The maximum atomic E-state index is 13.6. The molecule has 0 radical (unpaired) electrons. The SMILES string of the molecule is CCOc1cccc2sc(N(Cc3ccccc3)C(=O)C3CCN(S(C)(=O)=O)CC3)nc12. The highest BCUT2D eigenvalue weighted by Gasteiger charge is 2.33. The van der Waals surface area contributed by atoms with Crippen LogP contribution in [0.4, 0.5) is 5.13 Å². The Morgan fingerprint density at radius 2 is 1.88 bits per heavy atom. The first-order chi connectivity index (χ1) is 15.4. The van der Waals surface area contributed by atoms with Crippen LogP contribution in [0.3, 0.4) is 0 Å². The van der Waals surface area contributed by atoms with E-state index in [2.05, 4.69) is 0 Å². The van der Waals surface area contributed by atoms with E-state index < -0.39 is 10.0 Å². The molecule has 0 bridgehead atoms. The van der Waals surface area contributed by atoms with Crippen LogP contribution in [-0.4, -0.2) is 49.6 Å². The van der Waals surface area contributed by atoms with E-state index in [1.807, 2.05) is 55.5 Å². The van der Waals surface area contributed by atoms with Gasteiger partial charge in [0.15, 0.2) is 5.13 Å². The Morgan fingerprint density at radius 3 is 2.53 bits per heavy atom. The van der Waals surface area contributed by atoms with Crippen molar-refractivity contribution < 1.29 is 17.9 Å². The van der Waals surface area contributed by atoms with Crippen LogP contribution in [0.25, 0.3) is 10.2 Å². The molecule has 170 valence electrons. The van der Waals surface area contributed by atoms with E-state index in [9.17, 15) is 13.2 Å². The summed E-state index contributed by atoms with van der Waals surface area (Å²) in [6.45, 7) is 3.61. The third kappa shape index (κ3) is 4.95. The summed E-state index contributed by atoms with van der Waals surface area (Å²) >= 11 is 1.47. The molecule has 0 atom stereocenters. The molecule has 9 heteroatoms. The third-order valence-corrected chi connectivity index (χ3v) is 7.97. The van der Waals surface area contributed by atoms with Gasteiger partial charge >= 0.3 is 0 Å². The Kier molecular flexibility index (Phi) is 6.78. The largest absolute Gasteiger partial charge is 0.492 e. The number of piperidine rings is 1. The first-order valence-electron chi connectivity index (χ1n) is 10.7. The van der Waals surface area contributed by atoms with Gasteiger partial charge < -0.3 is 4.74 Å². The molecule has 1 amide bonds. The number of hydrogen-bond donors (Lipinski definition) is 0. The minimum Gasteiger partial charge on any atom is -0.492 e. The van der Waals surface area contributed by atoms with Crippen LogP contribution in [0.1, 0.15) is 25.3 Å². The zero-order chi connectivity index (χ0) is 22.7. The summed E-state index contributed by atoms with van der Waals surface area (Å²) in [6.07, 6.45) is 2.23. The van der Waals surface area contributed by atoms with Crippen molar-refractivity contribution in [2.75, 3.05) is 30.9 Å². The monoisotopic (exact) mass is 473 g/mol. The van der Waals surface area contributed by atoms with E-state index in [4.69, 9.17) is 9.72 Å². The molecule has 0 N–H and O–H groups in total. The number of nitrogens with zero attached hydrogens (tertiary/aromatic N) is 3. The summed E-state index contributed by atoms with van der Waals surface area (Å²) in [5.74, 6) is 0.454. The van der Waals surface area contributed by atoms with E-state index >= 15 is 0 Å². The van der Waals surface area contributed by atoms with Crippen LogP contribution in [-0.2, 0) is 21.4 Å². The Morgan fingerprint density at radius 1 is 1.16 bits per heavy atom. The predicted octanol–water partition coefficient (Wildman–Crippen LogP) is 3.90. The van der Waals surface area contributed by atoms with Crippen LogP contribution >= 0.6 is 11.3 Å². The van der Waals surface area contributed by atoms with Crippen molar-refractivity contribution in [3.05, 3.63) is 54.1 Å². The average molecular weight is 474 g/mol. The summed E-state index contributed by atoms with van der Waals surface area (Å²) in [4.78, 5) is 20.2. The standard InChI is InChI=1S/C23H27N3O4S2/c1-3-30-19-10-7-11-20-21(19)24-23(31-20)26(16-17-8-5-4-6-9-17)22(27)18-12-14-25(15-13-18)32(2,28)29/h4-11,18H,3,12-16H2,1-2H3. The highest BCUT2D eigenvalue weighted by Crippen LogP contribution is 2.36. The van der Waals surface area contributed by atoms with Gasteiger partial charge in [-0.05, 0) is 37.5 Å². The second-order valence-corrected chi connectivity index (χ2v) is 10.9. The lowest BCUT2D eigenvalue weighted by molar-refractivity contribution is -0.123. The predicted molar refractivity (Wildman–Crippen MR) is 128 cm³/mol. The minimum atomic E-state index is -3.24. The van der Waals surface area contributed by atoms with Crippen molar-refractivity contribution in [1.29, 1.82) is 0 Å². The number of para-hydroxylation sites is 1. The number of fused-ring (bicyclic) bond motifs is 1. The topological polar surface area (TPSA) is 79.8 Å². The van der Waals surface area contributed by atoms with Gasteiger partial charge in [0.2, 0.25) is 15.9 Å². The molecule has 1 fully saturated rings. The van der Waals surface area contributed by atoms with Gasteiger partial charge in [-0.15, -0.1) is 0 Å². The quantitative estimate of drug-likeness (QED) is 0.520. The zero-order valence-corrected chi connectivity index (χ0v) is 19.9. The molecule has 32 heavy (non-hydrogen) atoms. The normalized spacial score (nSPS) is 15.7. The van der Waals surface area contributed by atoms with Crippen molar-refractivity contribution in [2.45, 2.75) is 26.3 Å². The Bertz CT molecular complexity index is 1190. The summed E-state index contributed by atoms with van der Waals surface area (Å²) in [5, 5.41) is 0.631. The first kappa shape index (κ1) is 22.7. The molecule has 7 nitrogen and oxygen atoms in total. The van der Waals surface area contributed by atoms with Crippen LogP contribution in [0.15, 0.2) is 48.5 Å². The van der Waals surface area contributed by atoms with Crippen LogP contribution in [0, 0.1) is 5.92 Å². The minimum absolute atomic E-state index is 0.0148. The number of sulfonamides is 1. The molecule has 0 aliphatic carbocycles. The van der Waals surface area contributed by atoms with Gasteiger partial charge in [0.25, 0.3) is 0 Å². The van der Waals surface area contributed by atoms with Crippen LogP contribution < -0.4 is 9.64 Å². The van der Waals surface area contributed by atoms with Crippen molar-refractivity contribution in [1.82, 2.24) is 9.29 Å². The van der Waals surface area contributed by atoms with E-state index in [1.54, 1.807) is 4.90 Å². The van der Waals surface area contributed by atoms with Crippen LogP contribution in [0.5, 0.6) is 5.75 Å². The fraction of sp³-hybridized carbons (Fsp3) is 0.391. The summed E-state index contributed by atoms with van der Waals surface area (Å²) in [7, 11) is -3.24. The second-order valence-electron chi connectivity index (χ2n) is 7.88. The van der Waals surface area contributed by atoms with E-state index in [1.165, 1.54) is 21.9 Å². The smallest absolute Gasteiger partial charge is 0.232 e. The second kappa shape index (κ2) is 9.56. The zero-order valence-electron chi connectivity index (χ0n) is 18.2. The Labute approximate surface area is 192 Å². The van der Waals surface area contributed by atoms with Crippen molar-refractivity contribution in [3.63, 3.8) is 0 Å². The maximum absolute atomic E-state index is 13.6. The molecule has 0 spiro atoms. The lowest BCUT2D eigenvalue weighted by atomic mass is 9.96. The first-order valence-corrected chi connectivity index (χ1v) is 13.4. The lowest BCUT2D eigenvalue weighted by Gasteiger charge is -2.32. The molecule has 1 saturated heterocycles. The number of carbonyl (C=O) groups is 1. The Hall–Kier alpha value is -2.49. The van der Waals surface area contributed by atoms with Gasteiger partial charge in [0.05, 0.1) is 24.1 Å². The Balaban J connectivity index is 1.64. The summed E-state index contributed by atoms with van der Waals surface area (Å²) in [6, 6.07) is 15.6. The molecular weight excluding hydrogens is 446 g/mol. The molecule has 2 heterocycles. The molecule has 0 saturated carbocycles. The fourth-order valence-electron chi connectivity index (χ4n) is 3.96. The van der Waals surface area contributed by atoms with Crippen LogP contribution in [0.2, 0.25) is 0 Å². The maximum Gasteiger partial charge on any atom is 0.232 e. The van der Waals surface area contributed by atoms with Gasteiger partial charge in [-0.25, -0.2) is 17.7 Å². The number of thiazole rings is 1. The van der Waals surface area contributed by atoms with Crippen molar-refractivity contribution in [2.24, 2.45) is 5.92 Å². The van der Waals surface area contributed by atoms with Crippen molar-refractivity contribution >= 4 is 42.6 Å². The highest BCUT2D eigenvalue weighted by molar-refractivity contribution is 7.88. The molecule has 1 aliphatic rings. The highest BCUT2D eigenvalue weighted by atomic mass is 32.2. The number of ether oxygens (including phenoxy) is 1. The van der Waals surface area contributed by atoms with E-state index in [0.29, 0.717) is 50.0 Å². The molecule has 1 aliphatic heterocycles. The fourth-order valence-corrected chi connectivity index (χ4v) is 5.82. The lowest BCUT2D eigenvalue weighted by Crippen LogP contribution is -2.44. The molecule has 2 aromatic carbocycles. The number of hydrogen-bond acceptors (Lipinski definition) is 6. The van der Waals surface area contributed by atoms with Gasteiger partial charge in [0, 0.05) is 19.0 Å². The molecule has 0 unspecified atom stereocenters. The third-order valence-electron chi connectivity index (χ3n) is 5.62. The number of anilines is 1. The molecular formula is C23H27N3O4S2. The van der Waals surface area contributed by atoms with E-state index in [-0.39, 0.29) is 11.8 Å². The number of aromatic nitrogens is 1. The van der Waals surface area contributed by atoms with E-state index in [0.717, 1.165) is 15.8 Å². The number of rotatable bonds is 7. The van der Waals surface area contributed by atoms with Crippen molar-refractivity contribution in [3.8, 4) is 5.75 Å². The summed E-state index contributed by atoms with van der Waals surface area (Å²) in [5.41, 5.74) is 1.77. The number of benzene rings is 2. The van der Waals surface area contributed by atoms with Gasteiger partial charge in [-0.1, -0.05) is 47.7 Å². The molecule has 4 rings (SSSR count). The van der Waals surface area contributed by atoms with Gasteiger partial charge in [-0.3, -0.25) is 9.69 Å². The van der Waals surface area contributed by atoms with Gasteiger partial charge in [0.1, 0.15) is 11.3 Å². The summed E-state index contributed by atoms with van der Waals surface area (Å²) < 4.78 is 31.8. The molecule has 3 aromatic rings. The number of amides is 1. The number of carbonyl (C=O) groups excluding carboxylic acids is 1.